The van der Waals surface area contributed by atoms with Crippen LogP contribution in [0.3, 0.4) is 0 Å². The Morgan fingerprint density at radius 3 is 2.88 bits per heavy atom. The van der Waals surface area contributed by atoms with E-state index in [0.717, 1.165) is 24.9 Å². The van der Waals surface area contributed by atoms with Crippen molar-refractivity contribution in [2.24, 2.45) is 0 Å². The summed E-state index contributed by atoms with van der Waals surface area (Å²) in [6.07, 6.45) is 7.28. The van der Waals surface area contributed by atoms with Gasteiger partial charge in [-0.25, -0.2) is 0 Å². The zero-order valence-electron chi connectivity index (χ0n) is 9.74. The Kier molecular flexibility index (Phi) is 2.98. The lowest BCUT2D eigenvalue weighted by atomic mass is 10.3. The molecule has 88 valence electrons. The lowest BCUT2D eigenvalue weighted by molar-refractivity contribution is 0.297. The number of hydrogen-bond donors (Lipinski definition) is 1. The van der Waals surface area contributed by atoms with Gasteiger partial charge in [0.25, 0.3) is 0 Å². The van der Waals surface area contributed by atoms with Gasteiger partial charge in [-0.2, -0.15) is 0 Å². The molecule has 1 aliphatic heterocycles. The lowest BCUT2D eigenvalue weighted by Crippen LogP contribution is -2.18. The summed E-state index contributed by atoms with van der Waals surface area (Å²) in [4.78, 5) is 2.47. The van der Waals surface area contributed by atoms with Crippen LogP contribution in [-0.4, -0.2) is 24.0 Å². The lowest BCUT2D eigenvalue weighted by Gasteiger charge is -2.11. The van der Waals surface area contributed by atoms with E-state index in [1.54, 1.807) is 0 Å². The minimum Gasteiger partial charge on any atom is -0.468 e. The molecule has 0 aromatic carbocycles. The maximum Gasteiger partial charge on any atom is 0.118 e. The molecule has 1 saturated carbocycles. The molecule has 3 heteroatoms. The van der Waals surface area contributed by atoms with Crippen molar-refractivity contribution in [1.29, 1.82) is 0 Å². The highest BCUT2D eigenvalue weighted by atomic mass is 16.3. The normalized spacial score (nSPS) is 21.8. The molecule has 1 saturated heterocycles. The van der Waals surface area contributed by atoms with Crippen molar-refractivity contribution in [3.8, 4) is 0 Å². The Morgan fingerprint density at radius 1 is 1.31 bits per heavy atom. The summed E-state index contributed by atoms with van der Waals surface area (Å²) in [7, 11) is 0. The summed E-state index contributed by atoms with van der Waals surface area (Å²) >= 11 is 0. The number of furan rings is 1. The fraction of sp³-hybridized carbons (Fsp3) is 0.692. The summed E-state index contributed by atoms with van der Waals surface area (Å²) < 4.78 is 5.60. The Balaban J connectivity index is 1.50. The predicted molar refractivity (Wildman–Crippen MR) is 63.1 cm³/mol. The van der Waals surface area contributed by atoms with E-state index < -0.39 is 0 Å². The van der Waals surface area contributed by atoms with E-state index in [1.807, 2.05) is 6.26 Å². The Morgan fingerprint density at radius 2 is 2.12 bits per heavy atom. The van der Waals surface area contributed by atoms with Crippen molar-refractivity contribution in [3.63, 3.8) is 0 Å². The zero-order chi connectivity index (χ0) is 10.8. The van der Waals surface area contributed by atoms with E-state index in [4.69, 9.17) is 4.42 Å². The van der Waals surface area contributed by atoms with Gasteiger partial charge in [0, 0.05) is 18.2 Å². The second-order valence-corrected chi connectivity index (χ2v) is 5.06. The number of rotatable bonds is 5. The summed E-state index contributed by atoms with van der Waals surface area (Å²) in [5.74, 6) is 1.12. The van der Waals surface area contributed by atoms with Gasteiger partial charge in [0.1, 0.15) is 5.76 Å². The van der Waals surface area contributed by atoms with Gasteiger partial charge < -0.3 is 9.73 Å². The first kappa shape index (κ1) is 10.4. The second kappa shape index (κ2) is 4.60. The molecular formula is C13H20N2O. The molecule has 1 aromatic rings. The van der Waals surface area contributed by atoms with Crippen molar-refractivity contribution in [2.75, 3.05) is 13.1 Å². The van der Waals surface area contributed by atoms with Crippen LogP contribution in [0.25, 0.3) is 0 Å². The van der Waals surface area contributed by atoms with Crippen LogP contribution in [-0.2, 0) is 13.1 Å². The molecule has 2 heterocycles. The Hall–Kier alpha value is -0.800. The largest absolute Gasteiger partial charge is 0.468 e. The van der Waals surface area contributed by atoms with E-state index in [9.17, 15) is 0 Å². The van der Waals surface area contributed by atoms with E-state index >= 15 is 0 Å². The molecule has 16 heavy (non-hydrogen) atoms. The fourth-order valence-electron chi connectivity index (χ4n) is 2.31. The molecule has 1 N–H and O–H groups in total. The predicted octanol–water partition coefficient (Wildman–Crippen LogP) is 2.13. The van der Waals surface area contributed by atoms with E-state index in [2.05, 4.69) is 16.3 Å². The maximum absolute atomic E-state index is 5.60. The average molecular weight is 220 g/mol. The second-order valence-electron chi connectivity index (χ2n) is 5.06. The van der Waals surface area contributed by atoms with Gasteiger partial charge in [0.15, 0.2) is 0 Å². The highest BCUT2D eigenvalue weighted by molar-refractivity contribution is 5.13. The van der Waals surface area contributed by atoms with Crippen LogP contribution in [0.4, 0.5) is 0 Å². The molecule has 1 aliphatic carbocycles. The Bertz CT molecular complexity index is 337. The SMILES string of the molecule is c1oc(CN2CCCC2)cc1CNC1CC1. The third-order valence-corrected chi connectivity index (χ3v) is 3.46. The third kappa shape index (κ3) is 2.66. The first-order chi connectivity index (χ1) is 7.90. The zero-order valence-corrected chi connectivity index (χ0v) is 9.74. The quantitative estimate of drug-likeness (QED) is 0.824. The minimum absolute atomic E-state index is 0.775. The third-order valence-electron chi connectivity index (χ3n) is 3.46. The molecule has 3 nitrogen and oxygen atoms in total. The molecule has 1 aromatic heterocycles. The smallest absolute Gasteiger partial charge is 0.118 e. The monoisotopic (exact) mass is 220 g/mol. The Labute approximate surface area is 96.8 Å². The highest BCUT2D eigenvalue weighted by Crippen LogP contribution is 2.20. The van der Waals surface area contributed by atoms with Gasteiger partial charge in [0.05, 0.1) is 12.8 Å². The van der Waals surface area contributed by atoms with Gasteiger partial charge in [-0.15, -0.1) is 0 Å². The van der Waals surface area contributed by atoms with Crippen LogP contribution >= 0.6 is 0 Å². The van der Waals surface area contributed by atoms with E-state index in [0.29, 0.717) is 0 Å². The fourth-order valence-corrected chi connectivity index (χ4v) is 2.31. The number of nitrogens with one attached hydrogen (secondary N) is 1. The number of nitrogens with zero attached hydrogens (tertiary/aromatic N) is 1. The van der Waals surface area contributed by atoms with Crippen molar-refractivity contribution >= 4 is 0 Å². The van der Waals surface area contributed by atoms with Gasteiger partial charge in [-0.05, 0) is 44.8 Å². The molecule has 0 spiro atoms. The molecule has 0 unspecified atom stereocenters. The average Bonchev–Trinajstić information content (AvgIpc) is 2.78. The molecule has 0 radical (unpaired) electrons. The molecule has 3 rings (SSSR count). The van der Waals surface area contributed by atoms with Gasteiger partial charge in [-0.1, -0.05) is 0 Å². The summed E-state index contributed by atoms with van der Waals surface area (Å²) in [6, 6.07) is 2.98. The van der Waals surface area contributed by atoms with Crippen LogP contribution < -0.4 is 5.32 Å². The molecule has 0 amide bonds. The van der Waals surface area contributed by atoms with Gasteiger partial charge in [0.2, 0.25) is 0 Å². The van der Waals surface area contributed by atoms with Crippen molar-refractivity contribution in [1.82, 2.24) is 10.2 Å². The standard InChI is InChI=1S/C13H20N2O/c1-2-6-15(5-1)9-13-7-11(10-16-13)8-14-12-3-4-12/h7,10,12,14H,1-6,8-9H2. The molecule has 0 bridgehead atoms. The minimum atomic E-state index is 0.775. The first-order valence-electron chi connectivity index (χ1n) is 6.42. The topological polar surface area (TPSA) is 28.4 Å². The maximum atomic E-state index is 5.60. The van der Waals surface area contributed by atoms with Crippen LogP contribution in [0.5, 0.6) is 0 Å². The summed E-state index contributed by atoms with van der Waals surface area (Å²) in [5.41, 5.74) is 1.29. The van der Waals surface area contributed by atoms with Crippen molar-refractivity contribution < 1.29 is 4.42 Å². The highest BCUT2D eigenvalue weighted by Gasteiger charge is 2.20. The number of likely N-dealkylation sites (tertiary alicyclic amines) is 1. The molecule has 2 aliphatic rings. The van der Waals surface area contributed by atoms with Gasteiger partial charge in [-0.3, -0.25) is 4.90 Å². The molecular weight excluding hydrogens is 200 g/mol. The van der Waals surface area contributed by atoms with E-state index in [1.165, 1.54) is 44.3 Å². The number of hydrogen-bond acceptors (Lipinski definition) is 3. The molecule has 2 fully saturated rings. The van der Waals surface area contributed by atoms with Crippen LogP contribution in [0.15, 0.2) is 16.7 Å². The summed E-state index contributed by atoms with van der Waals surface area (Å²) in [5, 5.41) is 3.51. The van der Waals surface area contributed by atoms with Crippen LogP contribution in [0, 0.1) is 0 Å². The molecule has 0 atom stereocenters. The van der Waals surface area contributed by atoms with Gasteiger partial charge >= 0.3 is 0 Å². The summed E-state index contributed by atoms with van der Waals surface area (Å²) in [6.45, 7) is 4.42. The van der Waals surface area contributed by atoms with Crippen LogP contribution in [0.1, 0.15) is 37.0 Å². The van der Waals surface area contributed by atoms with Crippen molar-refractivity contribution in [2.45, 2.75) is 44.8 Å². The van der Waals surface area contributed by atoms with Crippen LogP contribution in [0.2, 0.25) is 0 Å². The van der Waals surface area contributed by atoms with Crippen molar-refractivity contribution in [3.05, 3.63) is 23.7 Å². The van der Waals surface area contributed by atoms with E-state index in [-0.39, 0.29) is 0 Å². The first-order valence-corrected chi connectivity index (χ1v) is 6.42.